The quantitative estimate of drug-likeness (QED) is 0.617. The predicted molar refractivity (Wildman–Crippen MR) is 35.7 cm³/mol. The summed E-state index contributed by atoms with van der Waals surface area (Å²) in [5.74, 6) is 0.722. The summed E-state index contributed by atoms with van der Waals surface area (Å²) in [7, 11) is 0. The SMILES string of the molecule is CC.NCc1ccno1. The Labute approximate surface area is 54.8 Å². The van der Waals surface area contributed by atoms with Crippen LogP contribution in [0.2, 0.25) is 0 Å². The molecule has 0 atom stereocenters. The van der Waals surface area contributed by atoms with Gasteiger partial charge >= 0.3 is 0 Å². The number of hydrogen-bond donors (Lipinski definition) is 1. The van der Waals surface area contributed by atoms with Crippen molar-refractivity contribution >= 4 is 0 Å². The van der Waals surface area contributed by atoms with Crippen molar-refractivity contribution in [1.29, 1.82) is 0 Å². The molecule has 1 aromatic rings. The highest BCUT2D eigenvalue weighted by molar-refractivity contribution is 4.90. The van der Waals surface area contributed by atoms with Gasteiger partial charge in [0.15, 0.2) is 0 Å². The van der Waals surface area contributed by atoms with E-state index in [9.17, 15) is 0 Å². The zero-order chi connectivity index (χ0) is 7.11. The second kappa shape index (κ2) is 5.31. The van der Waals surface area contributed by atoms with Gasteiger partial charge in [0.05, 0.1) is 12.7 Å². The monoisotopic (exact) mass is 128 g/mol. The Kier molecular flexibility index (Phi) is 4.82. The molecular formula is C6H12N2O. The summed E-state index contributed by atoms with van der Waals surface area (Å²) >= 11 is 0. The number of aromatic nitrogens is 1. The van der Waals surface area contributed by atoms with E-state index in [1.807, 2.05) is 13.8 Å². The fourth-order valence-electron chi connectivity index (χ4n) is 0.347. The zero-order valence-electron chi connectivity index (χ0n) is 5.79. The van der Waals surface area contributed by atoms with Crippen LogP contribution in [0.3, 0.4) is 0 Å². The van der Waals surface area contributed by atoms with Crippen molar-refractivity contribution in [2.45, 2.75) is 20.4 Å². The molecular weight excluding hydrogens is 116 g/mol. The van der Waals surface area contributed by atoms with E-state index in [0.717, 1.165) is 5.76 Å². The van der Waals surface area contributed by atoms with Crippen molar-refractivity contribution in [2.24, 2.45) is 5.73 Å². The van der Waals surface area contributed by atoms with Crippen LogP contribution < -0.4 is 5.73 Å². The molecule has 0 saturated heterocycles. The number of hydrogen-bond acceptors (Lipinski definition) is 3. The van der Waals surface area contributed by atoms with Gasteiger partial charge in [0.2, 0.25) is 0 Å². The predicted octanol–water partition coefficient (Wildman–Crippen LogP) is 1.16. The second-order valence-corrected chi connectivity index (χ2v) is 1.18. The number of nitrogens with two attached hydrogens (primary N) is 1. The van der Waals surface area contributed by atoms with Crippen molar-refractivity contribution in [3.63, 3.8) is 0 Å². The molecule has 0 aliphatic heterocycles. The lowest BCUT2D eigenvalue weighted by Crippen LogP contribution is -1.92. The Bertz CT molecular complexity index is 126. The second-order valence-electron chi connectivity index (χ2n) is 1.18. The Morgan fingerprint density at radius 2 is 2.33 bits per heavy atom. The van der Waals surface area contributed by atoms with Gasteiger partial charge in [0.25, 0.3) is 0 Å². The van der Waals surface area contributed by atoms with Gasteiger partial charge in [0.1, 0.15) is 5.76 Å². The first-order valence-corrected chi connectivity index (χ1v) is 3.03. The molecule has 0 bridgehead atoms. The summed E-state index contributed by atoms with van der Waals surface area (Å²) in [6.45, 7) is 4.43. The minimum Gasteiger partial charge on any atom is -0.360 e. The third-order valence-corrected chi connectivity index (χ3v) is 0.692. The molecule has 2 N–H and O–H groups in total. The van der Waals surface area contributed by atoms with Crippen LogP contribution >= 0.6 is 0 Å². The van der Waals surface area contributed by atoms with Crippen LogP contribution in [0.4, 0.5) is 0 Å². The van der Waals surface area contributed by atoms with Crippen molar-refractivity contribution in [2.75, 3.05) is 0 Å². The van der Waals surface area contributed by atoms with Crippen LogP contribution in [0, 0.1) is 0 Å². The molecule has 0 spiro atoms. The Morgan fingerprint density at radius 3 is 2.56 bits per heavy atom. The highest BCUT2D eigenvalue weighted by atomic mass is 16.5. The average molecular weight is 128 g/mol. The topological polar surface area (TPSA) is 52.0 Å². The average Bonchev–Trinajstić information content (AvgIpc) is 2.43. The first-order valence-electron chi connectivity index (χ1n) is 3.03. The van der Waals surface area contributed by atoms with Crippen LogP contribution in [0.25, 0.3) is 0 Å². The summed E-state index contributed by atoms with van der Waals surface area (Å²) in [6, 6.07) is 1.74. The van der Waals surface area contributed by atoms with Crippen LogP contribution in [0.5, 0.6) is 0 Å². The van der Waals surface area contributed by atoms with Crippen LogP contribution in [-0.2, 0) is 6.54 Å². The van der Waals surface area contributed by atoms with Gasteiger partial charge in [-0.1, -0.05) is 19.0 Å². The molecule has 0 fully saturated rings. The molecule has 1 rings (SSSR count). The van der Waals surface area contributed by atoms with Gasteiger partial charge in [-0.25, -0.2) is 0 Å². The van der Waals surface area contributed by atoms with Crippen LogP contribution in [-0.4, -0.2) is 5.16 Å². The lowest BCUT2D eigenvalue weighted by Gasteiger charge is -1.77. The Hall–Kier alpha value is -0.830. The van der Waals surface area contributed by atoms with Gasteiger partial charge in [-0.05, 0) is 0 Å². The molecule has 9 heavy (non-hydrogen) atoms. The van der Waals surface area contributed by atoms with Gasteiger partial charge in [-0.15, -0.1) is 0 Å². The van der Waals surface area contributed by atoms with Crippen molar-refractivity contribution in [3.8, 4) is 0 Å². The Balaban J connectivity index is 0.000000291. The van der Waals surface area contributed by atoms with Gasteiger partial charge in [0, 0.05) is 6.07 Å². The number of rotatable bonds is 1. The van der Waals surface area contributed by atoms with Crippen LogP contribution in [0.1, 0.15) is 19.6 Å². The van der Waals surface area contributed by atoms with E-state index in [1.165, 1.54) is 0 Å². The molecule has 0 saturated carbocycles. The maximum atomic E-state index is 5.16. The molecule has 1 aromatic heterocycles. The van der Waals surface area contributed by atoms with Crippen molar-refractivity contribution < 1.29 is 4.52 Å². The zero-order valence-corrected chi connectivity index (χ0v) is 5.79. The lowest BCUT2D eigenvalue weighted by atomic mass is 10.5. The summed E-state index contributed by atoms with van der Waals surface area (Å²) < 4.78 is 4.61. The molecule has 0 unspecified atom stereocenters. The normalized spacial score (nSPS) is 7.89. The fraction of sp³-hybridized carbons (Fsp3) is 0.500. The van der Waals surface area contributed by atoms with Gasteiger partial charge in [-0.2, -0.15) is 0 Å². The Morgan fingerprint density at radius 1 is 1.67 bits per heavy atom. The van der Waals surface area contributed by atoms with Crippen molar-refractivity contribution in [3.05, 3.63) is 18.0 Å². The molecule has 0 aromatic carbocycles. The first kappa shape index (κ1) is 8.17. The van der Waals surface area contributed by atoms with E-state index in [0.29, 0.717) is 6.54 Å². The van der Waals surface area contributed by atoms with Crippen LogP contribution in [0.15, 0.2) is 16.8 Å². The van der Waals surface area contributed by atoms with E-state index < -0.39 is 0 Å². The van der Waals surface area contributed by atoms with E-state index in [2.05, 4.69) is 9.68 Å². The molecule has 1 heterocycles. The first-order chi connectivity index (χ1) is 4.43. The largest absolute Gasteiger partial charge is 0.360 e. The molecule has 3 nitrogen and oxygen atoms in total. The van der Waals surface area contributed by atoms with E-state index in [4.69, 9.17) is 5.73 Å². The highest BCUT2D eigenvalue weighted by Crippen LogP contribution is 1.91. The minimum absolute atomic E-state index is 0.431. The third-order valence-electron chi connectivity index (χ3n) is 0.692. The summed E-state index contributed by atoms with van der Waals surface area (Å²) in [5, 5.41) is 3.44. The van der Waals surface area contributed by atoms with E-state index in [1.54, 1.807) is 12.3 Å². The smallest absolute Gasteiger partial charge is 0.150 e. The summed E-state index contributed by atoms with van der Waals surface area (Å²) in [6.07, 6.45) is 1.57. The standard InChI is InChI=1S/C4H6N2O.C2H6/c5-3-4-1-2-6-7-4;1-2/h1-2H,3,5H2;1-2H3. The maximum Gasteiger partial charge on any atom is 0.150 e. The maximum absolute atomic E-state index is 5.16. The third kappa shape index (κ3) is 2.87. The molecule has 0 amide bonds. The number of nitrogens with zero attached hydrogens (tertiary/aromatic N) is 1. The molecule has 0 aliphatic carbocycles. The van der Waals surface area contributed by atoms with E-state index >= 15 is 0 Å². The summed E-state index contributed by atoms with van der Waals surface area (Å²) in [5.41, 5.74) is 5.16. The highest BCUT2D eigenvalue weighted by Gasteiger charge is 1.86. The van der Waals surface area contributed by atoms with Crippen molar-refractivity contribution in [1.82, 2.24) is 5.16 Å². The molecule has 3 heteroatoms. The van der Waals surface area contributed by atoms with E-state index in [-0.39, 0.29) is 0 Å². The molecule has 0 aliphatic rings. The molecule has 52 valence electrons. The molecule has 0 radical (unpaired) electrons. The lowest BCUT2D eigenvalue weighted by molar-refractivity contribution is 0.385. The van der Waals surface area contributed by atoms with Gasteiger partial charge < -0.3 is 10.3 Å². The minimum atomic E-state index is 0.431. The summed E-state index contributed by atoms with van der Waals surface area (Å²) in [4.78, 5) is 0. The fourth-order valence-corrected chi connectivity index (χ4v) is 0.347. The van der Waals surface area contributed by atoms with Gasteiger partial charge in [-0.3, -0.25) is 0 Å².